The third kappa shape index (κ3) is 5.07. The number of thiophene rings is 1. The van der Waals surface area contributed by atoms with Crippen molar-refractivity contribution in [2.24, 2.45) is 0 Å². The summed E-state index contributed by atoms with van der Waals surface area (Å²) in [4.78, 5) is 23.2. The Labute approximate surface area is 114 Å². The molecule has 1 aromatic rings. The number of thioether (sulfide) groups is 1. The van der Waals surface area contributed by atoms with Crippen LogP contribution in [0.5, 0.6) is 0 Å². The van der Waals surface area contributed by atoms with Crippen LogP contribution in [0, 0.1) is 0 Å². The van der Waals surface area contributed by atoms with Gasteiger partial charge >= 0.3 is 5.97 Å². The number of anilines is 1. The number of esters is 1. The van der Waals surface area contributed by atoms with Crippen molar-refractivity contribution in [3.05, 3.63) is 17.0 Å². The zero-order valence-corrected chi connectivity index (χ0v) is 11.9. The maximum atomic E-state index is 11.5. The Morgan fingerprint density at radius 2 is 2.17 bits per heavy atom. The van der Waals surface area contributed by atoms with Crippen molar-refractivity contribution in [2.45, 2.75) is 0 Å². The average molecular weight is 289 g/mol. The Balaban J connectivity index is 2.35. The van der Waals surface area contributed by atoms with Crippen molar-refractivity contribution >= 4 is 40.0 Å². The average Bonchev–Trinajstić information content (AvgIpc) is 2.82. The fraction of sp³-hybridized carbons (Fsp3) is 0.455. The molecule has 0 unspecified atom stereocenters. The zero-order chi connectivity index (χ0) is 13.4. The molecule has 0 radical (unpaired) electrons. The molecule has 0 atom stereocenters. The number of nitrogens with one attached hydrogen (secondary N) is 1. The molecule has 0 bridgehead atoms. The van der Waals surface area contributed by atoms with Gasteiger partial charge in [-0.15, -0.1) is 23.1 Å². The van der Waals surface area contributed by atoms with Gasteiger partial charge in [0.25, 0.3) is 0 Å². The normalized spacial score (nSPS) is 10.1. The van der Waals surface area contributed by atoms with E-state index < -0.39 is 5.97 Å². The standard InChI is InChI=1S/C11H15NO4S2/c1-15-5-6-17-7-9(13)12-10-4-3-8(18-10)11(14)16-2/h3-4H,5-7H2,1-2H3,(H,12,13). The van der Waals surface area contributed by atoms with Gasteiger partial charge in [0.05, 0.1) is 24.5 Å². The van der Waals surface area contributed by atoms with E-state index in [4.69, 9.17) is 4.74 Å². The molecular weight excluding hydrogens is 274 g/mol. The highest BCUT2D eigenvalue weighted by atomic mass is 32.2. The number of ether oxygens (including phenoxy) is 2. The van der Waals surface area contributed by atoms with Gasteiger partial charge in [-0.3, -0.25) is 4.79 Å². The maximum Gasteiger partial charge on any atom is 0.348 e. The summed E-state index contributed by atoms with van der Waals surface area (Å²) in [6.45, 7) is 0.628. The number of carbonyl (C=O) groups excluding carboxylic acids is 2. The van der Waals surface area contributed by atoms with Gasteiger partial charge in [0.2, 0.25) is 5.91 Å². The lowest BCUT2D eigenvalue weighted by atomic mass is 10.5. The van der Waals surface area contributed by atoms with Crippen LogP contribution in [-0.4, -0.2) is 44.2 Å². The third-order valence-corrected chi connectivity index (χ3v) is 3.82. The summed E-state index contributed by atoms with van der Waals surface area (Å²) in [6, 6.07) is 3.32. The lowest BCUT2D eigenvalue weighted by Gasteiger charge is -2.02. The lowest BCUT2D eigenvalue weighted by Crippen LogP contribution is -2.13. The predicted octanol–water partition coefficient (Wildman–Crippen LogP) is 1.85. The van der Waals surface area contributed by atoms with Crippen LogP contribution in [0.2, 0.25) is 0 Å². The zero-order valence-electron chi connectivity index (χ0n) is 10.2. The maximum absolute atomic E-state index is 11.5. The number of rotatable bonds is 7. The highest BCUT2D eigenvalue weighted by Gasteiger charge is 2.10. The molecular formula is C11H15NO4S2. The second kappa shape index (κ2) is 8.12. The summed E-state index contributed by atoms with van der Waals surface area (Å²) in [5.41, 5.74) is 0. The molecule has 1 aromatic heterocycles. The predicted molar refractivity (Wildman–Crippen MR) is 73.5 cm³/mol. The van der Waals surface area contributed by atoms with E-state index in [2.05, 4.69) is 10.1 Å². The fourth-order valence-electron chi connectivity index (χ4n) is 1.10. The van der Waals surface area contributed by atoms with E-state index in [1.165, 1.54) is 30.2 Å². The largest absolute Gasteiger partial charge is 0.465 e. The first-order chi connectivity index (χ1) is 8.67. The lowest BCUT2D eigenvalue weighted by molar-refractivity contribution is -0.113. The van der Waals surface area contributed by atoms with Gasteiger partial charge in [0.15, 0.2) is 0 Å². The molecule has 1 amide bonds. The highest BCUT2D eigenvalue weighted by molar-refractivity contribution is 7.99. The van der Waals surface area contributed by atoms with E-state index in [9.17, 15) is 9.59 Å². The molecule has 1 heterocycles. The molecule has 0 saturated carbocycles. The summed E-state index contributed by atoms with van der Waals surface area (Å²) >= 11 is 2.70. The molecule has 5 nitrogen and oxygen atoms in total. The summed E-state index contributed by atoms with van der Waals surface area (Å²) in [6.07, 6.45) is 0. The minimum atomic E-state index is -0.394. The molecule has 0 saturated heterocycles. The third-order valence-electron chi connectivity index (χ3n) is 1.92. The molecule has 0 aliphatic rings. The first kappa shape index (κ1) is 15.0. The molecule has 0 spiro atoms. The minimum absolute atomic E-state index is 0.0885. The number of hydrogen-bond acceptors (Lipinski definition) is 6. The minimum Gasteiger partial charge on any atom is -0.465 e. The van der Waals surface area contributed by atoms with Crippen LogP contribution in [0.15, 0.2) is 12.1 Å². The van der Waals surface area contributed by atoms with Crippen LogP contribution in [0.25, 0.3) is 0 Å². The molecule has 0 fully saturated rings. The quantitative estimate of drug-likeness (QED) is 0.613. The second-order valence-corrected chi connectivity index (χ2v) is 5.44. The van der Waals surface area contributed by atoms with Crippen LogP contribution >= 0.6 is 23.1 Å². The van der Waals surface area contributed by atoms with Crippen molar-refractivity contribution in [1.29, 1.82) is 0 Å². The van der Waals surface area contributed by atoms with Crippen molar-refractivity contribution in [3.8, 4) is 0 Å². The summed E-state index contributed by atoms with van der Waals surface area (Å²) < 4.78 is 9.47. The van der Waals surface area contributed by atoms with Crippen LogP contribution in [0.3, 0.4) is 0 Å². The van der Waals surface area contributed by atoms with E-state index in [1.807, 2.05) is 0 Å². The van der Waals surface area contributed by atoms with Crippen LogP contribution in [0.4, 0.5) is 5.00 Å². The number of amides is 1. The Kier molecular flexibility index (Phi) is 6.77. The Hall–Kier alpha value is -1.05. The topological polar surface area (TPSA) is 64.6 Å². The summed E-state index contributed by atoms with van der Waals surface area (Å²) in [7, 11) is 2.95. The first-order valence-electron chi connectivity index (χ1n) is 5.22. The van der Waals surface area contributed by atoms with Gasteiger partial charge in [-0.05, 0) is 12.1 Å². The van der Waals surface area contributed by atoms with Crippen LogP contribution in [-0.2, 0) is 14.3 Å². The molecule has 1 N–H and O–H groups in total. The molecule has 1 rings (SSSR count). The van der Waals surface area contributed by atoms with Gasteiger partial charge in [-0.1, -0.05) is 0 Å². The number of hydrogen-bond donors (Lipinski definition) is 1. The molecule has 18 heavy (non-hydrogen) atoms. The molecule has 7 heteroatoms. The van der Waals surface area contributed by atoms with Gasteiger partial charge in [-0.2, -0.15) is 0 Å². The monoisotopic (exact) mass is 289 g/mol. The van der Waals surface area contributed by atoms with Crippen molar-refractivity contribution in [3.63, 3.8) is 0 Å². The summed E-state index contributed by atoms with van der Waals surface area (Å²) in [5.74, 6) is 0.667. The number of methoxy groups -OCH3 is 2. The van der Waals surface area contributed by atoms with E-state index in [0.29, 0.717) is 22.2 Å². The second-order valence-electron chi connectivity index (χ2n) is 3.25. The van der Waals surface area contributed by atoms with Crippen LogP contribution < -0.4 is 5.32 Å². The van der Waals surface area contributed by atoms with Crippen molar-refractivity contribution in [1.82, 2.24) is 0 Å². The first-order valence-corrected chi connectivity index (χ1v) is 7.19. The van der Waals surface area contributed by atoms with Gasteiger partial charge in [-0.25, -0.2) is 4.79 Å². The Bertz CT molecular complexity index is 406. The number of carbonyl (C=O) groups is 2. The van der Waals surface area contributed by atoms with E-state index in [0.717, 1.165) is 5.75 Å². The highest BCUT2D eigenvalue weighted by Crippen LogP contribution is 2.22. The summed E-state index contributed by atoms with van der Waals surface area (Å²) in [5, 5.41) is 3.37. The SMILES string of the molecule is COCCSCC(=O)Nc1ccc(C(=O)OC)s1. The van der Waals surface area contributed by atoms with Crippen LogP contribution in [0.1, 0.15) is 9.67 Å². The van der Waals surface area contributed by atoms with E-state index in [1.54, 1.807) is 19.2 Å². The Morgan fingerprint density at radius 3 is 2.83 bits per heavy atom. The van der Waals surface area contributed by atoms with E-state index >= 15 is 0 Å². The van der Waals surface area contributed by atoms with Gasteiger partial charge in [0.1, 0.15) is 4.88 Å². The molecule has 100 valence electrons. The molecule has 0 aliphatic heterocycles. The smallest absolute Gasteiger partial charge is 0.348 e. The van der Waals surface area contributed by atoms with Crippen molar-refractivity contribution < 1.29 is 19.1 Å². The van der Waals surface area contributed by atoms with Gasteiger partial charge < -0.3 is 14.8 Å². The van der Waals surface area contributed by atoms with Gasteiger partial charge in [0, 0.05) is 12.9 Å². The fourth-order valence-corrected chi connectivity index (χ4v) is 2.62. The Morgan fingerprint density at radius 1 is 1.39 bits per heavy atom. The van der Waals surface area contributed by atoms with Crippen molar-refractivity contribution in [2.75, 3.05) is 37.6 Å². The molecule has 0 aromatic carbocycles. The van der Waals surface area contributed by atoms with E-state index in [-0.39, 0.29) is 5.91 Å². The molecule has 0 aliphatic carbocycles.